The summed E-state index contributed by atoms with van der Waals surface area (Å²) in [5, 5.41) is 4.38. The van der Waals surface area contributed by atoms with Crippen LogP contribution in [0.5, 0.6) is 5.75 Å². The number of methoxy groups -OCH3 is 1. The van der Waals surface area contributed by atoms with Crippen LogP contribution < -0.4 is 10.1 Å². The highest BCUT2D eigenvalue weighted by Gasteiger charge is 2.15. The summed E-state index contributed by atoms with van der Waals surface area (Å²) in [5.74, 6) is 0.893. The fraction of sp³-hybridized carbons (Fsp3) is 0.667. The summed E-state index contributed by atoms with van der Waals surface area (Å²) < 4.78 is 5.51. The van der Waals surface area contributed by atoms with Gasteiger partial charge in [0.2, 0.25) is 0 Å². The van der Waals surface area contributed by atoms with E-state index in [1.54, 1.807) is 7.11 Å². The lowest BCUT2D eigenvalue weighted by molar-refractivity contribution is 0.391. The highest BCUT2D eigenvalue weighted by molar-refractivity contribution is 6.30. The molecule has 0 aliphatic heterocycles. The molecule has 0 bridgehead atoms. The van der Waals surface area contributed by atoms with Crippen LogP contribution in [0.4, 0.5) is 0 Å². The Bertz CT molecular complexity index is 395. The number of hydrogen-bond acceptors (Lipinski definition) is 2. The van der Waals surface area contributed by atoms with Crippen LogP contribution in [-0.2, 0) is 0 Å². The zero-order valence-corrected chi connectivity index (χ0v) is 14.5. The van der Waals surface area contributed by atoms with E-state index in [4.69, 9.17) is 16.3 Å². The third-order valence-electron chi connectivity index (χ3n) is 3.81. The highest BCUT2D eigenvalue weighted by Crippen LogP contribution is 2.31. The van der Waals surface area contributed by atoms with E-state index in [9.17, 15) is 0 Å². The lowest BCUT2D eigenvalue weighted by Crippen LogP contribution is -2.22. The molecular formula is C18H30ClNO. The second-order valence-corrected chi connectivity index (χ2v) is 6.03. The standard InChI is InChI=1S/C18H30ClNO/c1-4-6-7-8-9-10-17(20-13-5-2)16-12-11-15(19)14-18(16)21-3/h11-12,14,17,20H,4-10,13H2,1-3H3. The van der Waals surface area contributed by atoms with Crippen molar-refractivity contribution < 1.29 is 4.74 Å². The first-order valence-corrected chi connectivity index (χ1v) is 8.67. The minimum absolute atomic E-state index is 0.360. The molecule has 0 aromatic heterocycles. The first-order valence-electron chi connectivity index (χ1n) is 8.29. The normalized spacial score (nSPS) is 12.4. The second-order valence-electron chi connectivity index (χ2n) is 5.60. The fourth-order valence-electron chi connectivity index (χ4n) is 2.61. The van der Waals surface area contributed by atoms with E-state index in [-0.39, 0.29) is 0 Å². The molecule has 0 aliphatic carbocycles. The van der Waals surface area contributed by atoms with Crippen LogP contribution in [0.15, 0.2) is 18.2 Å². The number of rotatable bonds is 11. The maximum absolute atomic E-state index is 6.07. The van der Waals surface area contributed by atoms with Crippen molar-refractivity contribution in [3.8, 4) is 5.75 Å². The first-order chi connectivity index (χ1) is 10.2. The molecule has 2 nitrogen and oxygen atoms in total. The van der Waals surface area contributed by atoms with E-state index in [1.165, 1.54) is 37.7 Å². The number of hydrogen-bond donors (Lipinski definition) is 1. The van der Waals surface area contributed by atoms with Gasteiger partial charge in [-0.3, -0.25) is 0 Å². The Labute approximate surface area is 135 Å². The first kappa shape index (κ1) is 18.3. The molecule has 0 saturated heterocycles. The van der Waals surface area contributed by atoms with Crippen LogP contribution in [0.3, 0.4) is 0 Å². The van der Waals surface area contributed by atoms with Gasteiger partial charge in [0.15, 0.2) is 0 Å². The predicted octanol–water partition coefficient (Wildman–Crippen LogP) is 5.75. The van der Waals surface area contributed by atoms with E-state index in [0.29, 0.717) is 6.04 Å². The van der Waals surface area contributed by atoms with E-state index >= 15 is 0 Å². The molecule has 120 valence electrons. The molecule has 0 aliphatic rings. The van der Waals surface area contributed by atoms with Crippen molar-refractivity contribution in [3.05, 3.63) is 28.8 Å². The molecule has 21 heavy (non-hydrogen) atoms. The molecule has 1 aromatic rings. The topological polar surface area (TPSA) is 21.3 Å². The molecule has 1 unspecified atom stereocenters. The summed E-state index contributed by atoms with van der Waals surface area (Å²) in [6, 6.07) is 6.32. The quantitative estimate of drug-likeness (QED) is 0.525. The van der Waals surface area contributed by atoms with Crippen molar-refractivity contribution in [2.75, 3.05) is 13.7 Å². The van der Waals surface area contributed by atoms with Crippen molar-refractivity contribution in [2.45, 2.75) is 64.8 Å². The molecule has 0 spiro atoms. The summed E-state index contributed by atoms with van der Waals surface area (Å²) >= 11 is 6.07. The van der Waals surface area contributed by atoms with Gasteiger partial charge >= 0.3 is 0 Å². The lowest BCUT2D eigenvalue weighted by atomic mass is 9.98. The monoisotopic (exact) mass is 311 g/mol. The van der Waals surface area contributed by atoms with Gasteiger partial charge in [-0.1, -0.05) is 63.6 Å². The van der Waals surface area contributed by atoms with Crippen molar-refractivity contribution in [3.63, 3.8) is 0 Å². The smallest absolute Gasteiger partial charge is 0.125 e. The van der Waals surface area contributed by atoms with Gasteiger partial charge < -0.3 is 10.1 Å². The molecule has 1 N–H and O–H groups in total. The summed E-state index contributed by atoms with van der Waals surface area (Å²) in [7, 11) is 1.72. The van der Waals surface area contributed by atoms with Crippen LogP contribution in [0.25, 0.3) is 0 Å². The lowest BCUT2D eigenvalue weighted by Gasteiger charge is -2.21. The number of nitrogens with one attached hydrogen (secondary N) is 1. The zero-order valence-electron chi connectivity index (χ0n) is 13.8. The number of benzene rings is 1. The molecule has 1 atom stereocenters. The molecule has 0 heterocycles. The van der Waals surface area contributed by atoms with Gasteiger partial charge in [0.25, 0.3) is 0 Å². The van der Waals surface area contributed by atoms with Gasteiger partial charge in [-0.05, 0) is 31.5 Å². The fourth-order valence-corrected chi connectivity index (χ4v) is 2.77. The summed E-state index contributed by atoms with van der Waals surface area (Å²) in [4.78, 5) is 0. The van der Waals surface area contributed by atoms with Crippen molar-refractivity contribution >= 4 is 11.6 Å². The average molecular weight is 312 g/mol. The Hall–Kier alpha value is -0.730. The Kier molecular flexibility index (Phi) is 9.53. The van der Waals surface area contributed by atoms with E-state index < -0.39 is 0 Å². The molecule has 1 rings (SSSR count). The Morgan fingerprint density at radius 3 is 2.52 bits per heavy atom. The summed E-state index contributed by atoms with van der Waals surface area (Å²) in [5.41, 5.74) is 1.23. The van der Waals surface area contributed by atoms with Gasteiger partial charge in [0, 0.05) is 16.6 Å². The van der Waals surface area contributed by atoms with E-state index in [0.717, 1.165) is 30.2 Å². The van der Waals surface area contributed by atoms with Gasteiger partial charge in [0.05, 0.1) is 7.11 Å². The van der Waals surface area contributed by atoms with Crippen molar-refractivity contribution in [1.29, 1.82) is 0 Å². The molecule has 1 aromatic carbocycles. The minimum atomic E-state index is 0.360. The molecule has 0 radical (unpaired) electrons. The van der Waals surface area contributed by atoms with Crippen LogP contribution in [0.1, 0.15) is 70.4 Å². The Morgan fingerprint density at radius 1 is 1.10 bits per heavy atom. The number of halogens is 1. The largest absolute Gasteiger partial charge is 0.496 e. The molecular weight excluding hydrogens is 282 g/mol. The van der Waals surface area contributed by atoms with Crippen molar-refractivity contribution in [1.82, 2.24) is 5.32 Å². The summed E-state index contributed by atoms with van der Waals surface area (Å²) in [6.45, 7) is 5.49. The SMILES string of the molecule is CCCCCCCC(NCCC)c1ccc(Cl)cc1OC. The van der Waals surface area contributed by atoms with E-state index in [1.807, 2.05) is 12.1 Å². The third kappa shape index (κ3) is 6.71. The van der Waals surface area contributed by atoms with Gasteiger partial charge in [-0.2, -0.15) is 0 Å². The van der Waals surface area contributed by atoms with Gasteiger partial charge in [-0.15, -0.1) is 0 Å². The maximum atomic E-state index is 6.07. The van der Waals surface area contributed by atoms with Crippen LogP contribution in [0, 0.1) is 0 Å². The third-order valence-corrected chi connectivity index (χ3v) is 4.04. The molecule has 0 amide bonds. The highest BCUT2D eigenvalue weighted by atomic mass is 35.5. The predicted molar refractivity (Wildman–Crippen MR) is 92.4 cm³/mol. The van der Waals surface area contributed by atoms with E-state index in [2.05, 4.69) is 25.2 Å². The Balaban J connectivity index is 2.67. The number of unbranched alkanes of at least 4 members (excludes halogenated alkanes) is 4. The maximum Gasteiger partial charge on any atom is 0.125 e. The van der Waals surface area contributed by atoms with Crippen LogP contribution >= 0.6 is 11.6 Å². The Morgan fingerprint density at radius 2 is 1.86 bits per heavy atom. The van der Waals surface area contributed by atoms with Crippen molar-refractivity contribution in [2.24, 2.45) is 0 Å². The molecule has 3 heteroatoms. The van der Waals surface area contributed by atoms with Gasteiger partial charge in [-0.25, -0.2) is 0 Å². The molecule has 0 saturated carbocycles. The summed E-state index contributed by atoms with van der Waals surface area (Å²) in [6.07, 6.45) is 8.85. The van der Waals surface area contributed by atoms with Crippen LogP contribution in [-0.4, -0.2) is 13.7 Å². The second kappa shape index (κ2) is 10.9. The van der Waals surface area contributed by atoms with Crippen LogP contribution in [0.2, 0.25) is 5.02 Å². The minimum Gasteiger partial charge on any atom is -0.496 e. The van der Waals surface area contributed by atoms with Gasteiger partial charge in [0.1, 0.15) is 5.75 Å². The average Bonchev–Trinajstić information content (AvgIpc) is 2.50. The zero-order chi connectivity index (χ0) is 15.5. The molecule has 0 fully saturated rings. The number of ether oxygens (including phenoxy) is 1.